The molecule has 2 heterocycles. The van der Waals surface area contributed by atoms with Gasteiger partial charge in [-0.25, -0.2) is 0 Å². The first kappa shape index (κ1) is 20.1. The second-order valence-electron chi connectivity index (χ2n) is 6.05. The van der Waals surface area contributed by atoms with E-state index in [4.69, 9.17) is 0 Å². The van der Waals surface area contributed by atoms with Crippen LogP contribution in [-0.2, 0) is 6.61 Å². The van der Waals surface area contributed by atoms with Gasteiger partial charge in [0.25, 0.3) is 0 Å². The third kappa shape index (κ3) is 2.60. The Labute approximate surface area is 157 Å². The number of aldehydes is 1. The molecule has 0 atom stereocenters. The van der Waals surface area contributed by atoms with Crippen molar-refractivity contribution in [3.05, 3.63) is 42.8 Å². The van der Waals surface area contributed by atoms with Crippen molar-refractivity contribution < 1.29 is 36.2 Å². The fourth-order valence-electron chi connectivity index (χ4n) is 3.11. The van der Waals surface area contributed by atoms with Gasteiger partial charge in [0.05, 0.1) is 11.5 Å². The van der Waals surface area contributed by atoms with E-state index in [0.29, 0.717) is 6.29 Å². The highest BCUT2D eigenvalue weighted by Crippen LogP contribution is 2.65. The fraction of sp³-hybridized carbons (Fsp3) is 0.353. The van der Waals surface area contributed by atoms with Gasteiger partial charge in [0.1, 0.15) is 0 Å². The largest absolute Gasteiger partial charge is 0.391 e. The number of carbonyl (C=O) groups is 1. The Morgan fingerprint density at radius 1 is 0.926 bits per heavy atom. The molecule has 0 unspecified atom stereocenters. The van der Waals surface area contributed by atoms with Gasteiger partial charge >= 0.3 is 17.8 Å². The summed E-state index contributed by atoms with van der Waals surface area (Å²) in [6.45, 7) is 2.08. The molecule has 1 aliphatic carbocycles. The highest BCUT2D eigenvalue weighted by Gasteiger charge is 2.80. The van der Waals surface area contributed by atoms with Gasteiger partial charge in [-0.3, -0.25) is 4.79 Å². The average Bonchev–Trinajstić information content (AvgIpc) is 3.16. The van der Waals surface area contributed by atoms with E-state index in [-0.39, 0.29) is 19.5 Å². The Morgan fingerprint density at radius 2 is 1.41 bits per heavy atom. The van der Waals surface area contributed by atoms with Crippen LogP contribution in [0.3, 0.4) is 0 Å². The van der Waals surface area contributed by atoms with Crippen molar-refractivity contribution >= 4 is 40.1 Å². The van der Waals surface area contributed by atoms with Gasteiger partial charge in [0, 0.05) is 25.8 Å². The van der Waals surface area contributed by atoms with Crippen LogP contribution in [0, 0.1) is 13.8 Å². The summed E-state index contributed by atoms with van der Waals surface area (Å²) >= 11 is 1.60. The molecule has 146 valence electrons. The second kappa shape index (κ2) is 6.18. The number of halogens is 6. The van der Waals surface area contributed by atoms with Crippen molar-refractivity contribution in [3.8, 4) is 0 Å². The molecule has 0 aliphatic heterocycles. The molecule has 0 radical (unpaired) electrons. The first-order valence-corrected chi connectivity index (χ1v) is 9.18. The van der Waals surface area contributed by atoms with E-state index in [9.17, 15) is 36.2 Å². The summed E-state index contributed by atoms with van der Waals surface area (Å²) in [5, 5.41) is 9.19. The lowest BCUT2D eigenvalue weighted by Gasteiger charge is -2.25. The number of aryl methyl sites for hydroxylation is 2. The number of rotatable bonds is 4. The lowest BCUT2D eigenvalue weighted by atomic mass is 9.95. The van der Waals surface area contributed by atoms with Crippen molar-refractivity contribution in [1.82, 2.24) is 0 Å². The second-order valence-corrected chi connectivity index (χ2v) is 8.68. The molecule has 2 aromatic heterocycles. The van der Waals surface area contributed by atoms with Gasteiger partial charge in [0.15, 0.2) is 6.29 Å². The summed E-state index contributed by atoms with van der Waals surface area (Å²) in [5.74, 6) is -15.9. The molecule has 10 heteroatoms. The van der Waals surface area contributed by atoms with Crippen LogP contribution in [-0.4, -0.2) is 29.2 Å². The van der Waals surface area contributed by atoms with Crippen LogP contribution in [0.2, 0.25) is 0 Å². The first-order chi connectivity index (χ1) is 12.4. The van der Waals surface area contributed by atoms with Crippen LogP contribution >= 0.6 is 22.7 Å². The van der Waals surface area contributed by atoms with E-state index in [0.717, 1.165) is 34.8 Å². The van der Waals surface area contributed by atoms with Crippen LogP contribution in [0.1, 0.15) is 35.4 Å². The maximum Gasteiger partial charge on any atom is 0.380 e. The molecule has 0 amide bonds. The summed E-state index contributed by atoms with van der Waals surface area (Å²) in [7, 11) is 0. The van der Waals surface area contributed by atoms with Crippen molar-refractivity contribution in [2.75, 3.05) is 0 Å². The molecule has 2 nitrogen and oxygen atoms in total. The fourth-order valence-corrected chi connectivity index (χ4v) is 4.87. The van der Waals surface area contributed by atoms with Crippen LogP contribution < -0.4 is 0 Å². The molecule has 27 heavy (non-hydrogen) atoms. The van der Waals surface area contributed by atoms with Crippen LogP contribution in [0.25, 0.3) is 11.1 Å². The van der Waals surface area contributed by atoms with E-state index in [1.807, 2.05) is 0 Å². The first-order valence-electron chi connectivity index (χ1n) is 7.55. The molecule has 0 saturated carbocycles. The molecule has 0 fully saturated rings. The zero-order valence-electron chi connectivity index (χ0n) is 13.9. The van der Waals surface area contributed by atoms with E-state index in [1.54, 1.807) is 0 Å². The Hall–Kier alpha value is -1.65. The molecule has 1 N–H and O–H groups in total. The SMILES string of the molecule is Cc1sc(C=O)cc1C1=C(c2cc(CO)sc2C)C(F)(F)C(F)(F)C1(F)F. The zero-order valence-corrected chi connectivity index (χ0v) is 15.5. The minimum Gasteiger partial charge on any atom is -0.391 e. The standard InChI is InChI=1S/C17H12F6O2S2/c1-7-11(3-9(5-24)26-7)13-14(12-4-10(6-25)27-8(12)2)16(20,21)17(22,23)15(13,18)19/h3-5,25H,6H2,1-2H3. The molecule has 2 aromatic rings. The average molecular weight is 426 g/mol. The third-order valence-electron chi connectivity index (χ3n) is 4.38. The molecule has 3 rings (SSSR count). The molecule has 0 bridgehead atoms. The third-order valence-corrected chi connectivity index (χ3v) is 6.39. The number of carbonyl (C=O) groups excluding carboxylic acids is 1. The van der Waals surface area contributed by atoms with Crippen LogP contribution in [0.4, 0.5) is 26.3 Å². The number of alkyl halides is 6. The summed E-state index contributed by atoms with van der Waals surface area (Å²) in [6.07, 6.45) is 0.338. The van der Waals surface area contributed by atoms with Crippen molar-refractivity contribution in [3.63, 3.8) is 0 Å². The Balaban J connectivity index is 2.44. The van der Waals surface area contributed by atoms with Gasteiger partial charge in [-0.05, 0) is 37.1 Å². The number of aliphatic hydroxyl groups is 1. The predicted molar refractivity (Wildman–Crippen MR) is 91.1 cm³/mol. The molecule has 1 aliphatic rings. The Morgan fingerprint density at radius 3 is 1.81 bits per heavy atom. The number of aliphatic hydroxyl groups excluding tert-OH is 1. The lowest BCUT2D eigenvalue weighted by molar-refractivity contribution is -0.254. The Kier molecular flexibility index (Phi) is 4.60. The zero-order chi connectivity index (χ0) is 20.4. The molecule has 0 aromatic carbocycles. The Bertz CT molecular complexity index is 955. The minimum atomic E-state index is -5.64. The van der Waals surface area contributed by atoms with E-state index >= 15 is 0 Å². The van der Waals surface area contributed by atoms with Gasteiger partial charge < -0.3 is 5.11 Å². The van der Waals surface area contributed by atoms with Crippen molar-refractivity contribution in [2.24, 2.45) is 0 Å². The highest BCUT2D eigenvalue weighted by molar-refractivity contribution is 7.14. The molecular formula is C17H12F6O2S2. The number of allylic oxidation sites excluding steroid dienone is 2. The highest BCUT2D eigenvalue weighted by atomic mass is 32.1. The van der Waals surface area contributed by atoms with Crippen molar-refractivity contribution in [2.45, 2.75) is 38.2 Å². The maximum absolute atomic E-state index is 14.6. The van der Waals surface area contributed by atoms with Gasteiger partial charge in [0.2, 0.25) is 0 Å². The van der Waals surface area contributed by atoms with Crippen molar-refractivity contribution in [1.29, 1.82) is 0 Å². The van der Waals surface area contributed by atoms with E-state index in [2.05, 4.69) is 0 Å². The molecular weight excluding hydrogens is 414 g/mol. The van der Waals surface area contributed by atoms with Gasteiger partial charge in [-0.1, -0.05) is 0 Å². The lowest BCUT2D eigenvalue weighted by Crippen LogP contribution is -2.48. The summed E-state index contributed by atoms with van der Waals surface area (Å²) in [6, 6.07) is 1.94. The topological polar surface area (TPSA) is 37.3 Å². The predicted octanol–water partition coefficient (Wildman–Crippen LogP) is 5.56. The quantitative estimate of drug-likeness (QED) is 0.513. The summed E-state index contributed by atoms with van der Waals surface area (Å²) in [5.41, 5.74) is -3.91. The van der Waals surface area contributed by atoms with Gasteiger partial charge in [-0.2, -0.15) is 26.3 Å². The number of thiophene rings is 2. The van der Waals surface area contributed by atoms with E-state index < -0.39 is 46.6 Å². The minimum absolute atomic E-state index is 0.0400. The van der Waals surface area contributed by atoms with Crippen LogP contribution in [0.15, 0.2) is 12.1 Å². The molecule has 0 saturated heterocycles. The number of hydrogen-bond donors (Lipinski definition) is 1. The number of hydrogen-bond acceptors (Lipinski definition) is 4. The smallest absolute Gasteiger partial charge is 0.380 e. The summed E-state index contributed by atoms with van der Waals surface area (Å²) in [4.78, 5) is 11.2. The maximum atomic E-state index is 14.6. The monoisotopic (exact) mass is 426 g/mol. The summed E-state index contributed by atoms with van der Waals surface area (Å²) < 4.78 is 86.7. The normalized spacial score (nSPS) is 20.3. The van der Waals surface area contributed by atoms with Gasteiger partial charge in [-0.15, -0.1) is 22.7 Å². The van der Waals surface area contributed by atoms with Crippen LogP contribution in [0.5, 0.6) is 0 Å². The van der Waals surface area contributed by atoms with E-state index in [1.165, 1.54) is 13.8 Å². The molecule has 0 spiro atoms.